The van der Waals surface area contributed by atoms with E-state index in [1.165, 1.54) is 200 Å². The molecule has 0 radical (unpaired) electrons. The van der Waals surface area contributed by atoms with E-state index in [-0.39, 0.29) is 52.0 Å². The number of rotatable bonds is 25. The fourth-order valence-electron chi connectivity index (χ4n) is 28.9. The van der Waals surface area contributed by atoms with Gasteiger partial charge in [-0.15, -0.1) is 0 Å². The highest BCUT2D eigenvalue weighted by Gasteiger charge is 2.57. The lowest BCUT2D eigenvalue weighted by atomic mass is 9.59. The van der Waals surface area contributed by atoms with Crippen LogP contribution in [0.5, 0.6) is 0 Å². The Kier molecular flexibility index (Phi) is 26.6. The van der Waals surface area contributed by atoms with Crippen molar-refractivity contribution in [1.82, 2.24) is 0 Å². The SMILES string of the molecule is CCOC(=O)CCC1(CC2(CCC(C)=O)c3ccccc3-c3ccccc32)c2ccccc2-c2ccccc21.OCCCC1(CC2(CCCO)c3ccccc3-c3ccccc32)c2ccccc2-c2ccccc21.[C-]#[N+]CCC1(CC2(CCC#N)c3ccccc3-c3ccccc32)c2ccccc2-c2ccccc21.c1ccc2c(c1)-c1ccccc1C2CC1c2ccccc2-c2ccccc21.c1ccc2c(c1)Cc1ccccc1-2. The van der Waals surface area contributed by atoms with E-state index in [1.54, 1.807) is 6.92 Å². The molecule has 9 aliphatic carbocycles. The molecule has 0 amide bonds. The number of carbonyl (C=O) groups is 2. The number of esters is 1. The van der Waals surface area contributed by atoms with Gasteiger partial charge in [0.2, 0.25) is 6.54 Å². The number of nitrogens with zero attached hydrogens (tertiary/aromatic N) is 2. The molecule has 9 aliphatic rings. The van der Waals surface area contributed by atoms with Crippen molar-refractivity contribution in [1.29, 1.82) is 5.26 Å². The maximum atomic E-state index is 12.8. The number of aliphatic hydroxyl groups is 2. The molecule has 7 nitrogen and oxygen atoms in total. The van der Waals surface area contributed by atoms with Gasteiger partial charge in [-0.2, -0.15) is 5.26 Å². The summed E-state index contributed by atoms with van der Waals surface area (Å²) in [5.41, 5.74) is 46.8. The zero-order valence-corrected chi connectivity index (χ0v) is 84.9. The van der Waals surface area contributed by atoms with Gasteiger partial charge in [0.25, 0.3) is 0 Å². The molecule has 0 bridgehead atoms. The number of benzene rings is 18. The van der Waals surface area contributed by atoms with Gasteiger partial charge in [0, 0.05) is 83.2 Å². The monoisotopic (exact) mass is 1930 g/mol. The Morgan fingerprint density at radius 1 is 0.295 bits per heavy atom. The predicted molar refractivity (Wildman–Crippen MR) is 606 cm³/mol. The lowest BCUT2D eigenvalue weighted by molar-refractivity contribution is -0.143. The van der Waals surface area contributed by atoms with Gasteiger partial charge in [0.15, 0.2) is 0 Å². The summed E-state index contributed by atoms with van der Waals surface area (Å²) in [5, 5.41) is 29.7. The second kappa shape index (κ2) is 41.0. The predicted octanol–water partition coefficient (Wildman–Crippen LogP) is 33.1. The minimum absolute atomic E-state index is 0.163. The zero-order valence-electron chi connectivity index (χ0n) is 84.9. The highest BCUT2D eigenvalue weighted by Crippen LogP contribution is 2.68. The number of aliphatic hydroxyl groups excluding tert-OH is 2. The highest BCUT2D eigenvalue weighted by molar-refractivity contribution is 5.91. The molecule has 7 heteroatoms. The van der Waals surface area contributed by atoms with E-state index in [4.69, 9.17) is 11.3 Å². The van der Waals surface area contributed by atoms with Crippen molar-refractivity contribution in [3.8, 4) is 106 Å². The largest absolute Gasteiger partial charge is 0.466 e. The highest BCUT2D eigenvalue weighted by atomic mass is 16.5. The summed E-state index contributed by atoms with van der Waals surface area (Å²) in [6.45, 7) is 12.4. The van der Waals surface area contributed by atoms with Crippen LogP contribution in [0.4, 0.5) is 0 Å². The molecular formula is C142H122N2O5. The second-order valence-electron chi connectivity index (χ2n) is 42.2. The molecule has 2 N–H and O–H groups in total. The average molecular weight is 1940 g/mol. The van der Waals surface area contributed by atoms with Crippen LogP contribution >= 0.6 is 0 Å². The van der Waals surface area contributed by atoms with Gasteiger partial charge in [0.1, 0.15) is 5.78 Å². The molecular weight excluding hydrogens is 1810 g/mol. The van der Waals surface area contributed by atoms with Crippen molar-refractivity contribution in [3.63, 3.8) is 0 Å². The lowest BCUT2D eigenvalue weighted by Gasteiger charge is -2.43. The number of Topliss-reactive ketones (excluding diaryl/α,β-unsaturated/α-hetero) is 1. The fourth-order valence-corrected chi connectivity index (χ4v) is 28.9. The van der Waals surface area contributed by atoms with Crippen molar-refractivity contribution in [3.05, 3.63) is 548 Å². The summed E-state index contributed by atoms with van der Waals surface area (Å²) in [6, 6.07) is 161. The average Bonchev–Trinajstić information content (AvgIpc) is 1.54. The van der Waals surface area contributed by atoms with E-state index in [0.717, 1.165) is 77.0 Å². The molecule has 0 aromatic heterocycles. The van der Waals surface area contributed by atoms with Crippen LogP contribution in [0.25, 0.3) is 105 Å². The van der Waals surface area contributed by atoms with E-state index in [2.05, 4.69) is 448 Å². The molecule has 0 unspecified atom stereocenters. The van der Waals surface area contributed by atoms with Crippen LogP contribution in [0.1, 0.15) is 222 Å². The number of ether oxygens (including phenoxy) is 1. The van der Waals surface area contributed by atoms with Crippen LogP contribution in [-0.4, -0.2) is 48.3 Å². The van der Waals surface area contributed by atoms with Gasteiger partial charge in [-0.25, -0.2) is 6.57 Å². The number of carbonyl (C=O) groups excluding carboxylic acids is 2. The molecule has 149 heavy (non-hydrogen) atoms. The first-order chi connectivity index (χ1) is 73.4. The first kappa shape index (κ1) is 96.5. The maximum absolute atomic E-state index is 12.8. The Balaban J connectivity index is 0.000000105. The summed E-state index contributed by atoms with van der Waals surface area (Å²) in [4.78, 5) is 29.2. The Morgan fingerprint density at radius 2 is 0.510 bits per heavy atom. The molecule has 0 fully saturated rings. The number of fused-ring (bicyclic) bond motifs is 27. The van der Waals surface area contributed by atoms with Gasteiger partial charge in [-0.3, -0.25) is 4.79 Å². The number of hydrogen-bond acceptors (Lipinski definition) is 6. The quantitative estimate of drug-likeness (QED) is 0.0435. The smallest absolute Gasteiger partial charge is 0.305 e. The topological polar surface area (TPSA) is 112 Å². The standard InChI is InChI=1S/C36H34O3.C33H26N2.C33H32O2.C27H20.C13H10/c1-3-39-34(38)21-23-36(32-18-10-6-14-28(32)29-15-7-11-19-33(29)36)24-35(22-20-25(2)37)30-16-8-4-12-26(30)27-13-5-9-17-31(27)35;1-35-22-20-33(30-17-8-4-13-26(30)27-14-5-9-18-31(27)33)23-32(19-10-21-34)28-15-6-2-11-24(28)25-12-3-7-16-29(25)32;34-21-9-19-32(28-15-5-1-11-24(28)25-12-2-6-16-29(25)32)23-33(20-10-22-35)30-17-7-3-13-26(30)27-14-4-8-18-31(27)33;1-5-13-22-18(9-1)19-10-2-6-14-23(19)26(22)17-27-24-15-7-3-11-20(24)21-12-4-8-16-25(21)27;1-3-7-12-10(5-1)9-11-6-2-4-8-13(11)12/h4-19H,3,20-24H2,1-2H3;2-9,11-18H,10,19-20,22-23H2;1-8,11-18,34-35H,9-10,19-23H2;1-16,26-27H,17H2;1-8H,9H2. The summed E-state index contributed by atoms with van der Waals surface area (Å²) >= 11 is 0. The van der Waals surface area contributed by atoms with Gasteiger partial charge >= 0.3 is 5.97 Å². The van der Waals surface area contributed by atoms with Crippen molar-refractivity contribution in [2.45, 2.75) is 161 Å². The number of nitriles is 1. The molecule has 0 saturated heterocycles. The van der Waals surface area contributed by atoms with Crippen molar-refractivity contribution >= 4 is 11.8 Å². The third-order valence-corrected chi connectivity index (χ3v) is 34.8. The van der Waals surface area contributed by atoms with Crippen LogP contribution in [0.2, 0.25) is 0 Å². The van der Waals surface area contributed by atoms with E-state index < -0.39 is 5.41 Å². The molecule has 18 aromatic carbocycles. The van der Waals surface area contributed by atoms with E-state index in [9.17, 15) is 25.1 Å². The zero-order chi connectivity index (χ0) is 101. The molecule has 0 aliphatic heterocycles. The number of hydrogen-bond donors (Lipinski definition) is 2. The van der Waals surface area contributed by atoms with E-state index >= 15 is 0 Å². The third kappa shape index (κ3) is 16.6. The van der Waals surface area contributed by atoms with Gasteiger partial charge in [0.05, 0.1) is 12.7 Å². The molecule has 0 atom stereocenters. The summed E-state index contributed by atoms with van der Waals surface area (Å²) < 4.78 is 5.43. The molecule has 27 rings (SSSR count). The lowest BCUT2D eigenvalue weighted by Crippen LogP contribution is -2.38. The van der Waals surface area contributed by atoms with Crippen LogP contribution in [0, 0.1) is 17.9 Å². The summed E-state index contributed by atoms with van der Waals surface area (Å²) in [7, 11) is 0. The van der Waals surface area contributed by atoms with Gasteiger partial charge < -0.3 is 24.6 Å². The van der Waals surface area contributed by atoms with Crippen molar-refractivity contribution < 1.29 is 24.5 Å². The van der Waals surface area contributed by atoms with Crippen LogP contribution in [-0.2, 0) is 53.2 Å². The van der Waals surface area contributed by atoms with Crippen LogP contribution < -0.4 is 0 Å². The molecule has 18 aromatic rings. The first-order valence-corrected chi connectivity index (χ1v) is 53.6. The molecule has 730 valence electrons. The maximum Gasteiger partial charge on any atom is 0.305 e. The summed E-state index contributed by atoms with van der Waals surface area (Å²) in [6.07, 6.45) is 12.3. The Labute approximate surface area is 877 Å². The molecule has 0 saturated carbocycles. The first-order valence-electron chi connectivity index (χ1n) is 53.6. The number of ketones is 1. The third-order valence-electron chi connectivity index (χ3n) is 34.8. The second-order valence-corrected chi connectivity index (χ2v) is 42.2. The molecule has 0 spiro atoms. The van der Waals surface area contributed by atoms with Crippen LogP contribution in [0.15, 0.2) is 437 Å². The van der Waals surface area contributed by atoms with Crippen molar-refractivity contribution in [2.75, 3.05) is 26.4 Å². The van der Waals surface area contributed by atoms with Gasteiger partial charge in [-0.1, -0.05) is 437 Å². The van der Waals surface area contributed by atoms with Gasteiger partial charge in [-0.05, 0) is 291 Å². The van der Waals surface area contributed by atoms with E-state index in [0.29, 0.717) is 50.7 Å². The van der Waals surface area contributed by atoms with E-state index in [1.807, 2.05) is 6.92 Å². The Morgan fingerprint density at radius 3 is 0.752 bits per heavy atom. The normalized spacial score (nSPS) is 15.0. The Hall–Kier alpha value is -16.0. The Bertz CT molecular complexity index is 7520. The van der Waals surface area contributed by atoms with Crippen molar-refractivity contribution in [2.24, 2.45) is 0 Å². The fraction of sp³-hybridized carbons (Fsp3) is 0.211. The molecule has 0 heterocycles. The minimum atomic E-state index is -0.415. The summed E-state index contributed by atoms with van der Waals surface area (Å²) in [5.74, 6) is 0.955. The minimum Gasteiger partial charge on any atom is -0.466 e. The van der Waals surface area contributed by atoms with Crippen LogP contribution in [0.3, 0.4) is 0 Å².